The molecule has 8 nitrogen and oxygen atoms in total. The van der Waals surface area contributed by atoms with Crippen LogP contribution in [0.1, 0.15) is 24.4 Å². The number of hydrogen-bond acceptors (Lipinski definition) is 8. The Bertz CT molecular complexity index is 1150. The lowest BCUT2D eigenvalue weighted by molar-refractivity contribution is -0.112. The average Bonchev–Trinajstić information content (AvgIpc) is 3.27. The lowest BCUT2D eigenvalue weighted by Crippen LogP contribution is -2.13. The molecule has 0 spiro atoms. The summed E-state index contributed by atoms with van der Waals surface area (Å²) >= 11 is 1.31. The van der Waals surface area contributed by atoms with E-state index in [1.54, 1.807) is 31.4 Å². The molecule has 0 aliphatic rings. The molecule has 0 saturated heterocycles. The summed E-state index contributed by atoms with van der Waals surface area (Å²) in [5, 5.41) is 21.3. The minimum Gasteiger partial charge on any atom is -0.497 e. The van der Waals surface area contributed by atoms with Gasteiger partial charge in [0, 0.05) is 6.42 Å². The van der Waals surface area contributed by atoms with Crippen molar-refractivity contribution in [1.29, 1.82) is 5.26 Å². The predicted molar refractivity (Wildman–Crippen MR) is 131 cm³/mol. The fourth-order valence-electron chi connectivity index (χ4n) is 2.87. The third-order valence-corrected chi connectivity index (χ3v) is 5.37. The van der Waals surface area contributed by atoms with Gasteiger partial charge >= 0.3 is 0 Å². The summed E-state index contributed by atoms with van der Waals surface area (Å²) in [4.78, 5) is 12.5. The molecule has 1 N–H and O–H groups in total. The maximum Gasteiger partial charge on any atom is 0.268 e. The van der Waals surface area contributed by atoms with Crippen molar-refractivity contribution in [2.75, 3.05) is 25.6 Å². The van der Waals surface area contributed by atoms with E-state index in [4.69, 9.17) is 14.2 Å². The highest BCUT2D eigenvalue weighted by atomic mass is 32.1. The molecule has 0 aliphatic carbocycles. The van der Waals surface area contributed by atoms with Gasteiger partial charge in [-0.1, -0.05) is 37.3 Å². The van der Waals surface area contributed by atoms with Gasteiger partial charge in [0.05, 0.1) is 7.11 Å². The van der Waals surface area contributed by atoms with Crippen molar-refractivity contribution < 1.29 is 19.0 Å². The molecule has 0 radical (unpaired) electrons. The number of methoxy groups -OCH3 is 1. The molecule has 9 heteroatoms. The molecule has 1 amide bonds. The summed E-state index contributed by atoms with van der Waals surface area (Å²) in [6.45, 7) is 4.93. The van der Waals surface area contributed by atoms with Gasteiger partial charge in [0.25, 0.3) is 5.91 Å². The van der Waals surface area contributed by atoms with E-state index < -0.39 is 5.91 Å². The van der Waals surface area contributed by atoms with E-state index in [0.29, 0.717) is 35.6 Å². The molecule has 0 bridgehead atoms. The van der Waals surface area contributed by atoms with Gasteiger partial charge in [0.15, 0.2) is 0 Å². The number of nitriles is 1. The van der Waals surface area contributed by atoms with Crippen molar-refractivity contribution in [3.63, 3.8) is 0 Å². The van der Waals surface area contributed by atoms with Crippen LogP contribution in [0.5, 0.6) is 17.2 Å². The van der Waals surface area contributed by atoms with E-state index in [2.05, 4.69) is 29.4 Å². The van der Waals surface area contributed by atoms with Gasteiger partial charge < -0.3 is 14.2 Å². The summed E-state index contributed by atoms with van der Waals surface area (Å²) in [5.41, 5.74) is 0.675. The van der Waals surface area contributed by atoms with E-state index >= 15 is 0 Å². The van der Waals surface area contributed by atoms with Crippen molar-refractivity contribution in [2.24, 2.45) is 5.92 Å². The number of amides is 1. The molecule has 0 unspecified atom stereocenters. The van der Waals surface area contributed by atoms with E-state index in [1.165, 1.54) is 17.4 Å². The molecule has 176 valence electrons. The molecule has 0 fully saturated rings. The topological polar surface area (TPSA) is 106 Å². The van der Waals surface area contributed by atoms with Crippen LogP contribution in [0.3, 0.4) is 0 Å². The van der Waals surface area contributed by atoms with Crippen molar-refractivity contribution in [2.45, 2.75) is 20.3 Å². The van der Waals surface area contributed by atoms with Crippen molar-refractivity contribution in [3.05, 3.63) is 64.7 Å². The summed E-state index contributed by atoms with van der Waals surface area (Å²) < 4.78 is 16.4. The first-order chi connectivity index (χ1) is 16.5. The van der Waals surface area contributed by atoms with Gasteiger partial charge in [-0.05, 0) is 54.0 Å². The van der Waals surface area contributed by atoms with Crippen LogP contribution in [0, 0.1) is 17.2 Å². The number of hydrogen-bond donors (Lipinski definition) is 1. The number of nitrogens with one attached hydrogen (secondary N) is 1. The molecule has 0 atom stereocenters. The zero-order valence-corrected chi connectivity index (χ0v) is 20.1. The Morgan fingerprint density at radius 2 is 1.62 bits per heavy atom. The molecule has 2 aromatic carbocycles. The first-order valence-corrected chi connectivity index (χ1v) is 11.5. The number of rotatable bonds is 11. The van der Waals surface area contributed by atoms with E-state index in [1.807, 2.05) is 30.3 Å². The summed E-state index contributed by atoms with van der Waals surface area (Å²) in [6.07, 6.45) is 2.30. The molecule has 0 saturated carbocycles. The maximum absolute atomic E-state index is 12.5. The third kappa shape index (κ3) is 7.60. The summed E-state index contributed by atoms with van der Waals surface area (Å²) in [7, 11) is 1.62. The Morgan fingerprint density at radius 3 is 2.18 bits per heavy atom. The molecule has 3 aromatic rings. The van der Waals surface area contributed by atoms with Crippen molar-refractivity contribution in [3.8, 4) is 23.3 Å². The van der Waals surface area contributed by atoms with Gasteiger partial charge in [-0.15, -0.1) is 10.2 Å². The number of benzene rings is 2. The van der Waals surface area contributed by atoms with Gasteiger partial charge in [0.1, 0.15) is 47.1 Å². The second-order valence-electron chi connectivity index (χ2n) is 7.66. The fourth-order valence-corrected chi connectivity index (χ4v) is 3.81. The SMILES string of the molecule is COc1ccc(OCCOc2ccc(C=C(C#N)C(=O)Nc3nnc(CC(C)C)s3)cc2)cc1. The monoisotopic (exact) mass is 478 g/mol. The summed E-state index contributed by atoms with van der Waals surface area (Å²) in [6, 6.07) is 16.4. The van der Waals surface area contributed by atoms with Crippen LogP contribution in [0.2, 0.25) is 0 Å². The fraction of sp³-hybridized carbons (Fsp3) is 0.280. The number of carbonyl (C=O) groups is 1. The summed E-state index contributed by atoms with van der Waals surface area (Å²) in [5.74, 6) is 2.08. The Balaban J connectivity index is 1.49. The van der Waals surface area contributed by atoms with Gasteiger partial charge in [0.2, 0.25) is 5.13 Å². The lowest BCUT2D eigenvalue weighted by atomic mass is 10.1. The molecule has 0 aliphatic heterocycles. The van der Waals surface area contributed by atoms with Crippen LogP contribution in [0.15, 0.2) is 54.1 Å². The van der Waals surface area contributed by atoms with Crippen LogP contribution in [-0.4, -0.2) is 36.4 Å². The van der Waals surface area contributed by atoms with E-state index in [-0.39, 0.29) is 5.57 Å². The Labute approximate surface area is 202 Å². The largest absolute Gasteiger partial charge is 0.497 e. The van der Waals surface area contributed by atoms with Crippen LogP contribution < -0.4 is 19.5 Å². The second kappa shape index (κ2) is 12.4. The zero-order valence-electron chi connectivity index (χ0n) is 19.3. The maximum atomic E-state index is 12.5. The van der Waals surface area contributed by atoms with Gasteiger partial charge in [-0.2, -0.15) is 5.26 Å². The Kier molecular flexibility index (Phi) is 9.00. The van der Waals surface area contributed by atoms with Crippen LogP contribution in [-0.2, 0) is 11.2 Å². The number of aromatic nitrogens is 2. The second-order valence-corrected chi connectivity index (χ2v) is 8.73. The highest BCUT2D eigenvalue weighted by molar-refractivity contribution is 7.15. The third-order valence-electron chi connectivity index (χ3n) is 4.51. The molecular weight excluding hydrogens is 452 g/mol. The quantitative estimate of drug-likeness (QED) is 0.241. The van der Waals surface area contributed by atoms with Crippen molar-refractivity contribution >= 4 is 28.5 Å². The lowest BCUT2D eigenvalue weighted by Gasteiger charge is -2.09. The van der Waals surface area contributed by atoms with Crippen LogP contribution in [0.25, 0.3) is 6.08 Å². The molecule has 34 heavy (non-hydrogen) atoms. The molecule has 1 heterocycles. The minimum atomic E-state index is -0.522. The molecule has 1 aromatic heterocycles. The predicted octanol–water partition coefficient (Wildman–Crippen LogP) is 4.75. The first-order valence-electron chi connectivity index (χ1n) is 10.7. The first kappa shape index (κ1) is 24.7. The number of nitrogens with zero attached hydrogens (tertiary/aromatic N) is 3. The Morgan fingerprint density at radius 1 is 1.03 bits per heavy atom. The van der Waals surface area contributed by atoms with Crippen LogP contribution in [0.4, 0.5) is 5.13 Å². The minimum absolute atomic E-state index is 0.0258. The van der Waals surface area contributed by atoms with E-state index in [9.17, 15) is 10.1 Å². The van der Waals surface area contributed by atoms with Crippen molar-refractivity contribution in [1.82, 2.24) is 10.2 Å². The smallest absolute Gasteiger partial charge is 0.268 e. The molecular formula is C25H26N4O4S. The normalized spacial score (nSPS) is 11.1. The van der Waals surface area contributed by atoms with Crippen LogP contribution >= 0.6 is 11.3 Å². The van der Waals surface area contributed by atoms with Gasteiger partial charge in [-0.3, -0.25) is 10.1 Å². The standard InChI is InChI=1S/C25H26N4O4S/c1-17(2)14-23-28-29-25(34-23)27-24(30)19(16-26)15-18-4-6-21(7-5-18)32-12-13-33-22-10-8-20(31-3)9-11-22/h4-11,15,17H,12-14H2,1-3H3,(H,27,29,30). The number of carbonyl (C=O) groups excluding carboxylic acids is 1. The van der Waals surface area contributed by atoms with E-state index in [0.717, 1.165) is 22.9 Å². The average molecular weight is 479 g/mol. The number of ether oxygens (including phenoxy) is 3. The highest BCUT2D eigenvalue weighted by Gasteiger charge is 2.13. The molecule has 3 rings (SSSR count). The Hall–Kier alpha value is -3.90. The van der Waals surface area contributed by atoms with Gasteiger partial charge in [-0.25, -0.2) is 0 Å². The highest BCUT2D eigenvalue weighted by Crippen LogP contribution is 2.20. The number of anilines is 1. The zero-order chi connectivity index (χ0) is 24.3.